The molecule has 0 aliphatic carbocycles. The zero-order valence-corrected chi connectivity index (χ0v) is 18.3. The summed E-state index contributed by atoms with van der Waals surface area (Å²) in [6.07, 6.45) is -0.119. The van der Waals surface area contributed by atoms with Crippen LogP contribution in [0.1, 0.15) is 16.7 Å². The van der Waals surface area contributed by atoms with Gasteiger partial charge >= 0.3 is 0 Å². The summed E-state index contributed by atoms with van der Waals surface area (Å²) in [4.78, 5) is 17.6. The Morgan fingerprint density at radius 2 is 1.73 bits per heavy atom. The lowest BCUT2D eigenvalue weighted by Gasteiger charge is -2.44. The molecule has 3 atom stereocenters. The largest absolute Gasteiger partial charge is 0.369 e. The third-order valence-corrected chi connectivity index (χ3v) is 7.45. The van der Waals surface area contributed by atoms with Crippen LogP contribution in [0.2, 0.25) is 0 Å². The molecule has 0 saturated carbocycles. The number of fused-ring (bicyclic) bond motifs is 1. The molecule has 2 aromatic rings. The second-order valence-corrected chi connectivity index (χ2v) is 9.43. The van der Waals surface area contributed by atoms with Gasteiger partial charge in [0.25, 0.3) is 0 Å². The predicted molar refractivity (Wildman–Crippen MR) is 124 cm³/mol. The van der Waals surface area contributed by atoms with Crippen LogP contribution in [0.4, 0.5) is 5.69 Å². The first kappa shape index (κ1) is 19.7. The van der Waals surface area contributed by atoms with Gasteiger partial charge in [0, 0.05) is 31.9 Å². The first-order valence-electron chi connectivity index (χ1n) is 10.6. The lowest BCUT2D eigenvalue weighted by molar-refractivity contribution is -0.125. The first-order chi connectivity index (χ1) is 14.6. The molecule has 156 valence electrons. The summed E-state index contributed by atoms with van der Waals surface area (Å²) >= 11 is 1.63. The quantitative estimate of drug-likeness (QED) is 0.800. The molecule has 0 aromatic heterocycles. The number of rotatable bonds is 3. The molecule has 0 radical (unpaired) electrons. The Kier molecular flexibility index (Phi) is 5.31. The van der Waals surface area contributed by atoms with Crippen molar-refractivity contribution in [1.82, 2.24) is 15.5 Å². The van der Waals surface area contributed by atoms with E-state index >= 15 is 0 Å². The minimum absolute atomic E-state index is 0.0475. The zero-order valence-electron chi connectivity index (χ0n) is 17.5. The van der Waals surface area contributed by atoms with E-state index in [-0.39, 0.29) is 23.5 Å². The van der Waals surface area contributed by atoms with Gasteiger partial charge in [0.2, 0.25) is 5.91 Å². The van der Waals surface area contributed by atoms with E-state index in [1.54, 1.807) is 11.8 Å². The van der Waals surface area contributed by atoms with Gasteiger partial charge in [0.05, 0.1) is 6.04 Å². The smallest absolute Gasteiger partial charge is 0.237 e. The van der Waals surface area contributed by atoms with E-state index in [0.717, 1.165) is 26.2 Å². The van der Waals surface area contributed by atoms with Crippen LogP contribution in [0, 0.1) is 13.8 Å². The third kappa shape index (κ3) is 3.75. The second kappa shape index (κ2) is 8.10. The molecule has 30 heavy (non-hydrogen) atoms. The molecule has 3 aliphatic heterocycles. The van der Waals surface area contributed by atoms with Gasteiger partial charge in [-0.25, -0.2) is 0 Å². The predicted octanol–water partition coefficient (Wildman–Crippen LogP) is 2.95. The molecule has 6 heteroatoms. The molecule has 3 heterocycles. The molecule has 3 unspecified atom stereocenters. The highest BCUT2D eigenvalue weighted by molar-refractivity contribution is 8.04. The fourth-order valence-electron chi connectivity index (χ4n) is 4.53. The van der Waals surface area contributed by atoms with Gasteiger partial charge in [0.1, 0.15) is 11.5 Å². The highest BCUT2D eigenvalue weighted by Gasteiger charge is 2.43. The van der Waals surface area contributed by atoms with E-state index in [0.29, 0.717) is 0 Å². The van der Waals surface area contributed by atoms with Crippen molar-refractivity contribution in [3.8, 4) is 0 Å². The Morgan fingerprint density at radius 1 is 0.967 bits per heavy atom. The molecule has 2 aromatic carbocycles. The van der Waals surface area contributed by atoms with E-state index in [2.05, 4.69) is 88.2 Å². The monoisotopic (exact) mass is 420 g/mol. The number of piperazine rings is 1. The average Bonchev–Trinajstić information content (AvgIpc) is 3.19. The van der Waals surface area contributed by atoms with Crippen molar-refractivity contribution >= 4 is 28.9 Å². The van der Waals surface area contributed by atoms with Crippen LogP contribution in [0.3, 0.4) is 0 Å². The molecule has 5 nitrogen and oxygen atoms in total. The van der Waals surface area contributed by atoms with Gasteiger partial charge in [-0.3, -0.25) is 15.0 Å². The summed E-state index contributed by atoms with van der Waals surface area (Å²) in [7, 11) is 0. The molecule has 0 spiro atoms. The number of carbonyl (C=O) groups is 1. The third-order valence-electron chi connectivity index (χ3n) is 6.29. The summed E-state index contributed by atoms with van der Waals surface area (Å²) in [5.74, 6) is 0.133. The van der Waals surface area contributed by atoms with E-state index in [1.807, 2.05) is 0 Å². The minimum Gasteiger partial charge on any atom is -0.369 e. The fourth-order valence-corrected chi connectivity index (χ4v) is 5.68. The minimum atomic E-state index is -0.119. The van der Waals surface area contributed by atoms with Gasteiger partial charge in [0.15, 0.2) is 0 Å². The highest BCUT2D eigenvalue weighted by Crippen LogP contribution is 2.38. The number of carbonyl (C=O) groups excluding carboxylic acids is 1. The number of thioether (sulfide) groups is 1. The van der Waals surface area contributed by atoms with Crippen LogP contribution in [-0.4, -0.2) is 54.6 Å². The topological polar surface area (TPSA) is 47.6 Å². The molecular formula is C24H28N4OS. The lowest BCUT2D eigenvalue weighted by Crippen LogP contribution is -2.69. The Hall–Kier alpha value is -2.28. The lowest BCUT2D eigenvalue weighted by atomic mass is 9.95. The van der Waals surface area contributed by atoms with Crippen LogP contribution in [-0.2, 0) is 4.79 Å². The SMILES string of the molecule is Cc1ccc(C2=CSC3C(=O)NC(N4CCN(c5cccc(C)c5)CC4)NC23)cc1. The number of nitrogens with one attached hydrogen (secondary N) is 2. The summed E-state index contributed by atoms with van der Waals surface area (Å²) in [5.41, 5.74) is 6.25. The van der Waals surface area contributed by atoms with E-state index in [4.69, 9.17) is 0 Å². The molecular weight excluding hydrogens is 392 g/mol. The maximum atomic E-state index is 12.8. The molecule has 1 amide bonds. The van der Waals surface area contributed by atoms with Gasteiger partial charge in [-0.15, -0.1) is 11.8 Å². The number of anilines is 1. The molecule has 2 saturated heterocycles. The van der Waals surface area contributed by atoms with Crippen molar-refractivity contribution in [2.45, 2.75) is 31.4 Å². The number of hydrogen-bond donors (Lipinski definition) is 2. The summed E-state index contributed by atoms with van der Waals surface area (Å²) in [6, 6.07) is 17.3. The van der Waals surface area contributed by atoms with Crippen molar-refractivity contribution in [2.75, 3.05) is 31.1 Å². The van der Waals surface area contributed by atoms with E-state index < -0.39 is 0 Å². The standard InChI is InChI=1S/C24H28N4OS/c1-16-6-8-18(9-7-16)20-15-30-22-21(20)25-24(26-23(22)29)28-12-10-27(11-13-28)19-5-3-4-17(2)14-19/h3-9,14-15,21-22,24-25H,10-13H2,1-2H3,(H,26,29). The van der Waals surface area contributed by atoms with Crippen LogP contribution >= 0.6 is 11.8 Å². The first-order valence-corrected chi connectivity index (χ1v) is 11.6. The van der Waals surface area contributed by atoms with Gasteiger partial charge in [-0.1, -0.05) is 42.0 Å². The summed E-state index contributed by atoms with van der Waals surface area (Å²) < 4.78 is 0. The summed E-state index contributed by atoms with van der Waals surface area (Å²) in [5, 5.41) is 9.00. The number of amides is 1. The van der Waals surface area contributed by atoms with Crippen LogP contribution in [0.25, 0.3) is 5.57 Å². The van der Waals surface area contributed by atoms with Gasteiger partial charge < -0.3 is 10.2 Å². The van der Waals surface area contributed by atoms with Crippen LogP contribution < -0.4 is 15.5 Å². The average molecular weight is 421 g/mol. The Balaban J connectivity index is 1.27. The molecule has 0 bridgehead atoms. The second-order valence-electron chi connectivity index (χ2n) is 8.41. The number of benzene rings is 2. The summed E-state index contributed by atoms with van der Waals surface area (Å²) in [6.45, 7) is 7.99. The molecule has 2 fully saturated rings. The van der Waals surface area contributed by atoms with Crippen molar-refractivity contribution in [3.63, 3.8) is 0 Å². The fraction of sp³-hybridized carbons (Fsp3) is 0.375. The van der Waals surface area contributed by atoms with Gasteiger partial charge in [-0.2, -0.15) is 0 Å². The maximum absolute atomic E-state index is 12.8. The van der Waals surface area contributed by atoms with Crippen LogP contribution in [0.5, 0.6) is 0 Å². The Bertz CT molecular complexity index is 965. The van der Waals surface area contributed by atoms with Crippen molar-refractivity contribution in [2.24, 2.45) is 0 Å². The Labute approximate surface area is 182 Å². The number of nitrogens with zero attached hydrogens (tertiary/aromatic N) is 2. The normalized spacial score (nSPS) is 26.9. The van der Waals surface area contributed by atoms with Gasteiger partial charge in [-0.05, 0) is 48.1 Å². The molecule has 2 N–H and O–H groups in total. The molecule has 5 rings (SSSR count). The number of hydrogen-bond acceptors (Lipinski definition) is 5. The maximum Gasteiger partial charge on any atom is 0.237 e. The van der Waals surface area contributed by atoms with Crippen molar-refractivity contribution in [1.29, 1.82) is 0 Å². The number of aryl methyl sites for hydroxylation is 2. The zero-order chi connectivity index (χ0) is 20.7. The van der Waals surface area contributed by atoms with Crippen molar-refractivity contribution < 1.29 is 4.79 Å². The Morgan fingerprint density at radius 3 is 2.47 bits per heavy atom. The van der Waals surface area contributed by atoms with Crippen LogP contribution in [0.15, 0.2) is 53.9 Å². The van der Waals surface area contributed by atoms with E-state index in [1.165, 1.54) is 28.0 Å². The highest BCUT2D eigenvalue weighted by atomic mass is 32.2. The molecule has 3 aliphatic rings. The van der Waals surface area contributed by atoms with Crippen molar-refractivity contribution in [3.05, 3.63) is 70.6 Å². The van der Waals surface area contributed by atoms with E-state index in [9.17, 15) is 4.79 Å².